The predicted octanol–water partition coefficient (Wildman–Crippen LogP) is 3.65. The van der Waals surface area contributed by atoms with E-state index < -0.39 is 17.8 Å². The number of anilines is 1. The average Bonchev–Trinajstić information content (AvgIpc) is 3.10. The molecule has 0 saturated heterocycles. The molecule has 1 aromatic heterocycles. The first-order valence-corrected chi connectivity index (χ1v) is 9.10. The first-order valence-electron chi connectivity index (χ1n) is 8.22. The fourth-order valence-corrected chi connectivity index (χ4v) is 3.89. The number of rotatable bonds is 5. The number of nitrogens with zero attached hydrogens (tertiary/aromatic N) is 1. The third-order valence-corrected chi connectivity index (χ3v) is 5.30. The Balaban J connectivity index is 1.69. The molecule has 25 heavy (non-hydrogen) atoms. The third-order valence-electron chi connectivity index (χ3n) is 4.54. The van der Waals surface area contributed by atoms with Crippen LogP contribution in [-0.2, 0) is 9.59 Å². The Bertz CT molecular complexity index is 757. The van der Waals surface area contributed by atoms with Gasteiger partial charge in [0.25, 0.3) is 0 Å². The summed E-state index contributed by atoms with van der Waals surface area (Å²) in [5.41, 5.74) is 1.69. The molecule has 1 saturated carbocycles. The molecular formula is C18H20N2O4S. The Hall–Kier alpha value is -2.41. The topological polar surface area (TPSA) is 88.5 Å². The van der Waals surface area contributed by atoms with Crippen LogP contribution in [-0.4, -0.2) is 29.1 Å². The van der Waals surface area contributed by atoms with Crippen molar-refractivity contribution in [3.05, 3.63) is 29.6 Å². The van der Waals surface area contributed by atoms with Crippen LogP contribution >= 0.6 is 11.3 Å². The van der Waals surface area contributed by atoms with E-state index in [0.717, 1.165) is 29.8 Å². The average molecular weight is 360 g/mol. The zero-order valence-electron chi connectivity index (χ0n) is 13.9. The number of benzene rings is 1. The van der Waals surface area contributed by atoms with Crippen molar-refractivity contribution in [3.8, 4) is 17.0 Å². The molecule has 2 N–H and O–H groups in total. The molecule has 1 aromatic carbocycles. The second-order valence-corrected chi connectivity index (χ2v) is 6.95. The molecule has 2 aromatic rings. The van der Waals surface area contributed by atoms with Gasteiger partial charge in [-0.2, -0.15) is 0 Å². The van der Waals surface area contributed by atoms with Gasteiger partial charge in [0.2, 0.25) is 5.91 Å². The number of ether oxygens (including phenoxy) is 1. The van der Waals surface area contributed by atoms with Crippen LogP contribution in [0.3, 0.4) is 0 Å². The number of methoxy groups -OCH3 is 1. The highest BCUT2D eigenvalue weighted by molar-refractivity contribution is 7.14. The van der Waals surface area contributed by atoms with Gasteiger partial charge in [-0.05, 0) is 37.1 Å². The molecular weight excluding hydrogens is 340 g/mol. The molecule has 132 valence electrons. The summed E-state index contributed by atoms with van der Waals surface area (Å²) in [7, 11) is 1.61. The molecule has 0 radical (unpaired) electrons. The summed E-state index contributed by atoms with van der Waals surface area (Å²) < 4.78 is 5.14. The Morgan fingerprint density at radius 2 is 1.88 bits per heavy atom. The van der Waals surface area contributed by atoms with E-state index in [1.807, 2.05) is 29.6 Å². The number of nitrogens with one attached hydrogen (secondary N) is 1. The van der Waals surface area contributed by atoms with Crippen molar-refractivity contribution in [2.45, 2.75) is 25.7 Å². The number of hydrogen-bond donors (Lipinski definition) is 2. The molecule has 6 nitrogen and oxygen atoms in total. The fraction of sp³-hybridized carbons (Fsp3) is 0.389. The molecule has 2 atom stereocenters. The van der Waals surface area contributed by atoms with Crippen LogP contribution in [0.2, 0.25) is 0 Å². The number of carbonyl (C=O) groups excluding carboxylic acids is 1. The lowest BCUT2D eigenvalue weighted by Gasteiger charge is -2.26. The fourth-order valence-electron chi connectivity index (χ4n) is 3.16. The summed E-state index contributed by atoms with van der Waals surface area (Å²) in [6.45, 7) is 0. The molecule has 3 rings (SSSR count). The van der Waals surface area contributed by atoms with Crippen LogP contribution in [0, 0.1) is 11.8 Å². The molecule has 1 fully saturated rings. The third kappa shape index (κ3) is 3.99. The van der Waals surface area contributed by atoms with Crippen molar-refractivity contribution in [1.82, 2.24) is 4.98 Å². The van der Waals surface area contributed by atoms with Gasteiger partial charge >= 0.3 is 5.97 Å². The van der Waals surface area contributed by atoms with E-state index in [0.29, 0.717) is 18.0 Å². The Labute approximate surface area is 149 Å². The van der Waals surface area contributed by atoms with Gasteiger partial charge in [-0.1, -0.05) is 12.8 Å². The van der Waals surface area contributed by atoms with Crippen molar-refractivity contribution < 1.29 is 19.4 Å². The molecule has 0 bridgehead atoms. The number of hydrogen-bond acceptors (Lipinski definition) is 5. The number of carboxylic acids is 1. The van der Waals surface area contributed by atoms with Crippen molar-refractivity contribution in [3.63, 3.8) is 0 Å². The van der Waals surface area contributed by atoms with Gasteiger partial charge in [-0.15, -0.1) is 11.3 Å². The zero-order chi connectivity index (χ0) is 17.8. The molecule has 0 spiro atoms. The van der Waals surface area contributed by atoms with Crippen LogP contribution in [0.4, 0.5) is 5.13 Å². The van der Waals surface area contributed by atoms with Gasteiger partial charge in [-0.25, -0.2) is 4.98 Å². The van der Waals surface area contributed by atoms with E-state index in [-0.39, 0.29) is 5.91 Å². The number of thiazole rings is 1. The molecule has 1 amide bonds. The Kier molecular flexibility index (Phi) is 5.33. The minimum atomic E-state index is -0.891. The minimum Gasteiger partial charge on any atom is -0.497 e. The number of carbonyl (C=O) groups is 2. The van der Waals surface area contributed by atoms with Crippen molar-refractivity contribution in [1.29, 1.82) is 0 Å². The van der Waals surface area contributed by atoms with E-state index in [2.05, 4.69) is 10.3 Å². The smallest absolute Gasteiger partial charge is 0.307 e. The van der Waals surface area contributed by atoms with E-state index >= 15 is 0 Å². The van der Waals surface area contributed by atoms with Gasteiger partial charge < -0.3 is 15.2 Å². The van der Waals surface area contributed by atoms with E-state index in [1.165, 1.54) is 11.3 Å². The minimum absolute atomic E-state index is 0.247. The van der Waals surface area contributed by atoms with Gasteiger partial charge in [0.15, 0.2) is 5.13 Å². The number of amides is 1. The Morgan fingerprint density at radius 3 is 2.52 bits per heavy atom. The van der Waals surface area contributed by atoms with Crippen LogP contribution in [0.1, 0.15) is 25.7 Å². The lowest BCUT2D eigenvalue weighted by atomic mass is 9.79. The van der Waals surface area contributed by atoms with Crippen molar-refractivity contribution in [2.24, 2.45) is 11.8 Å². The molecule has 2 unspecified atom stereocenters. The molecule has 7 heteroatoms. The monoisotopic (exact) mass is 360 g/mol. The zero-order valence-corrected chi connectivity index (χ0v) is 14.7. The summed E-state index contributed by atoms with van der Waals surface area (Å²) >= 11 is 1.33. The van der Waals surface area contributed by atoms with Gasteiger partial charge in [0, 0.05) is 10.9 Å². The van der Waals surface area contributed by atoms with Crippen molar-refractivity contribution >= 4 is 28.3 Å². The van der Waals surface area contributed by atoms with Crippen LogP contribution in [0.5, 0.6) is 5.75 Å². The quantitative estimate of drug-likeness (QED) is 0.850. The van der Waals surface area contributed by atoms with Crippen LogP contribution < -0.4 is 10.1 Å². The van der Waals surface area contributed by atoms with Gasteiger partial charge in [0.1, 0.15) is 5.75 Å². The first kappa shape index (κ1) is 17.4. The maximum absolute atomic E-state index is 12.5. The second-order valence-electron chi connectivity index (χ2n) is 6.09. The standard InChI is InChI=1S/C18H20N2O4S/c1-24-12-8-6-11(7-9-12)15-10-25-18(19-15)20-16(21)13-4-2-3-5-14(13)17(22)23/h6-10,13-14H,2-5H2,1H3,(H,22,23)(H,19,20,21). The van der Waals surface area contributed by atoms with Gasteiger partial charge in [0.05, 0.1) is 24.6 Å². The SMILES string of the molecule is COc1ccc(-c2csc(NC(=O)C3CCCCC3C(=O)O)n2)cc1. The number of aliphatic carboxylic acids is 1. The maximum Gasteiger partial charge on any atom is 0.307 e. The summed E-state index contributed by atoms with van der Waals surface area (Å²) in [5.74, 6) is -1.46. The van der Waals surface area contributed by atoms with E-state index in [4.69, 9.17) is 4.74 Å². The highest BCUT2D eigenvalue weighted by Crippen LogP contribution is 2.32. The highest BCUT2D eigenvalue weighted by atomic mass is 32.1. The van der Waals surface area contributed by atoms with E-state index in [1.54, 1.807) is 7.11 Å². The van der Waals surface area contributed by atoms with E-state index in [9.17, 15) is 14.7 Å². The normalized spacial score (nSPS) is 20.0. The summed E-state index contributed by atoms with van der Waals surface area (Å²) in [5, 5.41) is 14.5. The van der Waals surface area contributed by atoms with Crippen molar-refractivity contribution in [2.75, 3.05) is 12.4 Å². The Morgan fingerprint density at radius 1 is 1.20 bits per heavy atom. The van der Waals surface area contributed by atoms with Gasteiger partial charge in [-0.3, -0.25) is 9.59 Å². The lowest BCUT2D eigenvalue weighted by Crippen LogP contribution is -2.36. The lowest BCUT2D eigenvalue weighted by molar-refractivity contribution is -0.147. The summed E-state index contributed by atoms with van der Waals surface area (Å²) in [6, 6.07) is 7.51. The van der Waals surface area contributed by atoms with Crippen LogP contribution in [0.15, 0.2) is 29.6 Å². The maximum atomic E-state index is 12.5. The predicted molar refractivity (Wildman–Crippen MR) is 95.8 cm³/mol. The molecule has 1 aliphatic rings. The first-order chi connectivity index (χ1) is 12.1. The second kappa shape index (κ2) is 7.65. The molecule has 1 heterocycles. The molecule has 0 aliphatic heterocycles. The highest BCUT2D eigenvalue weighted by Gasteiger charge is 2.35. The summed E-state index contributed by atoms with van der Waals surface area (Å²) in [6.07, 6.45) is 2.92. The number of aromatic nitrogens is 1. The largest absolute Gasteiger partial charge is 0.497 e. The summed E-state index contributed by atoms with van der Waals surface area (Å²) in [4.78, 5) is 28.3. The van der Waals surface area contributed by atoms with Crippen LogP contribution in [0.25, 0.3) is 11.3 Å². The number of carboxylic acid groups (broad SMARTS) is 1. The molecule has 1 aliphatic carbocycles.